The maximum absolute atomic E-state index is 12.5. The molecule has 0 fully saturated rings. The first-order chi connectivity index (χ1) is 12.5. The number of nitrogens with zero attached hydrogens (tertiary/aromatic N) is 1. The molecule has 0 bridgehead atoms. The van der Waals surface area contributed by atoms with Gasteiger partial charge < -0.3 is 20.1 Å². The van der Waals surface area contributed by atoms with E-state index in [0.717, 1.165) is 0 Å². The van der Waals surface area contributed by atoms with Crippen LogP contribution >= 0.6 is 11.6 Å². The van der Waals surface area contributed by atoms with Gasteiger partial charge in [-0.1, -0.05) is 17.7 Å². The third kappa shape index (κ3) is 4.52. The fourth-order valence-corrected chi connectivity index (χ4v) is 2.33. The Morgan fingerprint density at radius 1 is 1.19 bits per heavy atom. The molecule has 0 unspecified atom stereocenters. The maximum atomic E-state index is 12.5. The number of methoxy groups -OCH3 is 2. The largest absolute Gasteiger partial charge is 0.495 e. The predicted octanol–water partition coefficient (Wildman–Crippen LogP) is 2.92. The molecule has 0 aliphatic rings. The minimum Gasteiger partial charge on any atom is -0.495 e. The summed E-state index contributed by atoms with van der Waals surface area (Å²) >= 11 is 6.05. The molecule has 1 aromatic carbocycles. The summed E-state index contributed by atoms with van der Waals surface area (Å²) in [6.07, 6.45) is 2.94. The van der Waals surface area contributed by atoms with Crippen molar-refractivity contribution in [1.29, 1.82) is 0 Å². The molecule has 2 N–H and O–H groups in total. The highest BCUT2D eigenvalue weighted by molar-refractivity contribution is 6.32. The lowest BCUT2D eigenvalue weighted by Crippen LogP contribution is -2.24. The van der Waals surface area contributed by atoms with Crippen molar-refractivity contribution in [2.75, 3.05) is 26.1 Å². The lowest BCUT2D eigenvalue weighted by atomic mass is 10.2. The first kappa shape index (κ1) is 19.3. The number of pyridine rings is 1. The summed E-state index contributed by atoms with van der Waals surface area (Å²) in [5, 5.41) is 5.67. The molecule has 0 aliphatic heterocycles. The molecule has 7 nitrogen and oxygen atoms in total. The van der Waals surface area contributed by atoms with Crippen LogP contribution in [-0.2, 0) is 0 Å². The SMILES string of the molecule is C=CCNC(=O)c1cc(C(=O)Nc2cc(OC)c(Cl)cc2OC)ccn1. The second-order valence-electron chi connectivity index (χ2n) is 5.07. The van der Waals surface area contributed by atoms with Crippen LogP contribution in [0.3, 0.4) is 0 Å². The van der Waals surface area contributed by atoms with Gasteiger partial charge in [0.1, 0.15) is 17.2 Å². The van der Waals surface area contributed by atoms with Crippen LogP contribution in [0.1, 0.15) is 20.8 Å². The third-order valence-electron chi connectivity index (χ3n) is 3.38. The van der Waals surface area contributed by atoms with E-state index in [1.54, 1.807) is 12.1 Å². The normalized spacial score (nSPS) is 9.96. The number of benzene rings is 1. The Hall–Kier alpha value is -3.06. The van der Waals surface area contributed by atoms with Gasteiger partial charge in [-0.15, -0.1) is 6.58 Å². The molecular weight excluding hydrogens is 358 g/mol. The van der Waals surface area contributed by atoms with Crippen LogP contribution in [0.15, 0.2) is 43.1 Å². The summed E-state index contributed by atoms with van der Waals surface area (Å²) in [4.78, 5) is 28.5. The third-order valence-corrected chi connectivity index (χ3v) is 3.68. The van der Waals surface area contributed by atoms with Crippen LogP contribution in [0.25, 0.3) is 0 Å². The first-order valence-electron chi connectivity index (χ1n) is 7.58. The molecule has 8 heteroatoms. The smallest absolute Gasteiger partial charge is 0.270 e. The fraction of sp³-hybridized carbons (Fsp3) is 0.167. The lowest BCUT2D eigenvalue weighted by molar-refractivity contribution is 0.0953. The first-order valence-corrected chi connectivity index (χ1v) is 7.96. The number of nitrogens with one attached hydrogen (secondary N) is 2. The number of carbonyl (C=O) groups is 2. The number of hydrogen-bond donors (Lipinski definition) is 2. The summed E-state index contributed by atoms with van der Waals surface area (Å²) in [5.74, 6) is -0.0673. The topological polar surface area (TPSA) is 89.6 Å². The highest BCUT2D eigenvalue weighted by Gasteiger charge is 2.15. The van der Waals surface area contributed by atoms with Crippen molar-refractivity contribution in [3.63, 3.8) is 0 Å². The summed E-state index contributed by atoms with van der Waals surface area (Å²) in [7, 11) is 2.93. The number of amides is 2. The van der Waals surface area contributed by atoms with Crippen molar-refractivity contribution in [2.45, 2.75) is 0 Å². The number of ether oxygens (including phenoxy) is 2. The van der Waals surface area contributed by atoms with Crippen molar-refractivity contribution >= 4 is 29.1 Å². The van der Waals surface area contributed by atoms with E-state index in [1.807, 2.05) is 0 Å². The van der Waals surface area contributed by atoms with Crippen LogP contribution in [0.4, 0.5) is 5.69 Å². The zero-order chi connectivity index (χ0) is 19.1. The van der Waals surface area contributed by atoms with Crippen molar-refractivity contribution in [2.24, 2.45) is 0 Å². The molecule has 0 saturated carbocycles. The van der Waals surface area contributed by atoms with Gasteiger partial charge in [-0.2, -0.15) is 0 Å². The second-order valence-corrected chi connectivity index (χ2v) is 5.48. The van der Waals surface area contributed by atoms with E-state index < -0.39 is 11.8 Å². The molecule has 136 valence electrons. The van der Waals surface area contributed by atoms with E-state index in [4.69, 9.17) is 21.1 Å². The monoisotopic (exact) mass is 375 g/mol. The van der Waals surface area contributed by atoms with Crippen molar-refractivity contribution < 1.29 is 19.1 Å². The number of carbonyl (C=O) groups excluding carboxylic acids is 2. The minimum absolute atomic E-state index is 0.125. The van der Waals surface area contributed by atoms with Crippen molar-refractivity contribution in [3.8, 4) is 11.5 Å². The highest BCUT2D eigenvalue weighted by Crippen LogP contribution is 2.36. The Kier molecular flexibility index (Phi) is 6.57. The molecule has 2 aromatic rings. The highest BCUT2D eigenvalue weighted by atomic mass is 35.5. The zero-order valence-electron chi connectivity index (χ0n) is 14.3. The lowest BCUT2D eigenvalue weighted by Gasteiger charge is -2.13. The van der Waals surface area contributed by atoms with Crippen LogP contribution in [0.5, 0.6) is 11.5 Å². The van der Waals surface area contributed by atoms with Gasteiger partial charge in [-0.25, -0.2) is 0 Å². The minimum atomic E-state index is -0.437. The number of rotatable bonds is 7. The fourth-order valence-electron chi connectivity index (χ4n) is 2.10. The zero-order valence-corrected chi connectivity index (χ0v) is 15.1. The number of anilines is 1. The average Bonchev–Trinajstić information content (AvgIpc) is 2.66. The Morgan fingerprint density at radius 2 is 1.92 bits per heavy atom. The van der Waals surface area contributed by atoms with Crippen molar-refractivity contribution in [3.05, 3.63) is 59.4 Å². The molecule has 0 radical (unpaired) electrons. The molecule has 0 atom stereocenters. The van der Waals surface area contributed by atoms with Gasteiger partial charge in [-0.3, -0.25) is 14.6 Å². The van der Waals surface area contributed by atoms with Gasteiger partial charge in [0, 0.05) is 30.4 Å². The summed E-state index contributed by atoms with van der Waals surface area (Å²) in [5.41, 5.74) is 0.771. The number of hydrogen-bond acceptors (Lipinski definition) is 5. The van der Waals surface area contributed by atoms with E-state index >= 15 is 0 Å². The molecule has 0 aliphatic carbocycles. The Balaban J connectivity index is 2.25. The van der Waals surface area contributed by atoms with Crippen LogP contribution in [-0.4, -0.2) is 37.6 Å². The molecule has 1 heterocycles. The van der Waals surface area contributed by atoms with E-state index in [0.29, 0.717) is 28.8 Å². The standard InChI is InChI=1S/C18H18ClN3O4/c1-4-6-21-18(24)14-8-11(5-7-20-14)17(23)22-13-10-15(25-2)12(19)9-16(13)26-3/h4-5,7-10H,1,6H2,2-3H3,(H,21,24)(H,22,23). The van der Waals surface area contributed by atoms with Gasteiger partial charge in [0.25, 0.3) is 11.8 Å². The number of halogens is 1. The molecule has 0 saturated heterocycles. The van der Waals surface area contributed by atoms with Crippen LogP contribution in [0, 0.1) is 0 Å². The van der Waals surface area contributed by atoms with E-state index in [2.05, 4.69) is 22.2 Å². The molecule has 26 heavy (non-hydrogen) atoms. The van der Waals surface area contributed by atoms with Gasteiger partial charge in [0.2, 0.25) is 0 Å². The number of aromatic nitrogens is 1. The Labute approximate surface area is 156 Å². The van der Waals surface area contributed by atoms with E-state index in [1.165, 1.54) is 38.6 Å². The molecule has 2 rings (SSSR count). The van der Waals surface area contributed by atoms with Crippen LogP contribution < -0.4 is 20.1 Å². The summed E-state index contributed by atoms with van der Waals surface area (Å²) in [6.45, 7) is 3.83. The summed E-state index contributed by atoms with van der Waals surface area (Å²) in [6, 6.07) is 5.99. The van der Waals surface area contributed by atoms with Crippen molar-refractivity contribution in [1.82, 2.24) is 10.3 Å². The van der Waals surface area contributed by atoms with Gasteiger partial charge in [0.15, 0.2) is 0 Å². The van der Waals surface area contributed by atoms with E-state index in [-0.39, 0.29) is 11.3 Å². The maximum Gasteiger partial charge on any atom is 0.270 e. The molecule has 2 amide bonds. The quantitative estimate of drug-likeness (QED) is 0.726. The molecular formula is C18H18ClN3O4. The van der Waals surface area contributed by atoms with Gasteiger partial charge >= 0.3 is 0 Å². The van der Waals surface area contributed by atoms with E-state index in [9.17, 15) is 9.59 Å². The molecule has 1 aromatic heterocycles. The Morgan fingerprint density at radius 3 is 2.58 bits per heavy atom. The van der Waals surface area contributed by atoms with Gasteiger partial charge in [0.05, 0.1) is 24.9 Å². The van der Waals surface area contributed by atoms with Crippen LogP contribution in [0.2, 0.25) is 5.02 Å². The molecule has 0 spiro atoms. The predicted molar refractivity (Wildman–Crippen MR) is 99.3 cm³/mol. The van der Waals surface area contributed by atoms with Gasteiger partial charge in [-0.05, 0) is 12.1 Å². The Bertz CT molecular complexity index is 839. The average molecular weight is 376 g/mol. The second kappa shape index (κ2) is 8.87. The summed E-state index contributed by atoms with van der Waals surface area (Å²) < 4.78 is 10.4.